The van der Waals surface area contributed by atoms with Gasteiger partial charge in [0.15, 0.2) is 5.71 Å². The molecule has 0 fully saturated rings. The van der Waals surface area contributed by atoms with E-state index in [9.17, 15) is 18.0 Å². The number of sulfonamides is 1. The van der Waals surface area contributed by atoms with Crippen molar-refractivity contribution in [2.75, 3.05) is 27.8 Å². The molecule has 0 heterocycles. The minimum absolute atomic E-state index is 0.0184. The second kappa shape index (κ2) is 9.82. The Morgan fingerprint density at radius 3 is 2.37 bits per heavy atom. The van der Waals surface area contributed by atoms with E-state index in [1.807, 2.05) is 0 Å². The van der Waals surface area contributed by atoms with Crippen LogP contribution in [0, 0.1) is 5.92 Å². The maximum absolute atomic E-state index is 12.2. The second-order valence-electron chi connectivity index (χ2n) is 5.80. The fraction of sp³-hybridized carbons (Fsp3) is 0.471. The first-order valence-corrected chi connectivity index (χ1v) is 9.87. The number of ketones is 1. The van der Waals surface area contributed by atoms with Gasteiger partial charge in [-0.3, -0.25) is 4.79 Å². The SMILES string of the molecule is CCOC(=O)/C(=N\OC)C(Cc1ccc(S(=O)(=O)N(C)C)c(Cl)c1)C(C)=O. The Balaban J connectivity index is 3.25. The zero-order valence-electron chi connectivity index (χ0n) is 15.9. The third-order valence-electron chi connectivity index (χ3n) is 3.69. The summed E-state index contributed by atoms with van der Waals surface area (Å²) in [5, 5.41) is 3.67. The van der Waals surface area contributed by atoms with E-state index in [4.69, 9.17) is 16.3 Å². The van der Waals surface area contributed by atoms with E-state index in [0.717, 1.165) is 4.31 Å². The Hall–Kier alpha value is -1.97. The van der Waals surface area contributed by atoms with Crippen molar-refractivity contribution in [3.05, 3.63) is 28.8 Å². The van der Waals surface area contributed by atoms with Gasteiger partial charge in [0.25, 0.3) is 0 Å². The van der Waals surface area contributed by atoms with Crippen molar-refractivity contribution in [1.82, 2.24) is 4.31 Å². The summed E-state index contributed by atoms with van der Waals surface area (Å²) >= 11 is 6.14. The predicted octanol–water partition coefficient (Wildman–Crippen LogP) is 1.90. The maximum atomic E-state index is 12.2. The molecule has 1 rings (SSSR count). The smallest absolute Gasteiger partial charge is 0.356 e. The number of carbonyl (C=O) groups is 2. The molecule has 150 valence electrons. The highest BCUT2D eigenvalue weighted by atomic mass is 35.5. The van der Waals surface area contributed by atoms with Gasteiger partial charge in [0.05, 0.1) is 17.5 Å². The zero-order chi connectivity index (χ0) is 20.8. The number of hydrogen-bond donors (Lipinski definition) is 0. The molecule has 1 aromatic rings. The fourth-order valence-electron chi connectivity index (χ4n) is 2.29. The van der Waals surface area contributed by atoms with Gasteiger partial charge < -0.3 is 9.57 Å². The van der Waals surface area contributed by atoms with Crippen LogP contribution in [0.5, 0.6) is 0 Å². The van der Waals surface area contributed by atoms with Crippen LogP contribution in [0.2, 0.25) is 5.02 Å². The Bertz CT molecular complexity index is 836. The minimum atomic E-state index is -3.70. The molecular formula is C17H23ClN2O6S. The number of rotatable bonds is 9. The molecule has 27 heavy (non-hydrogen) atoms. The monoisotopic (exact) mass is 418 g/mol. The van der Waals surface area contributed by atoms with E-state index < -0.39 is 21.9 Å². The van der Waals surface area contributed by atoms with Gasteiger partial charge in [0, 0.05) is 14.1 Å². The number of oxime groups is 1. The number of nitrogens with zero attached hydrogens (tertiary/aromatic N) is 2. The predicted molar refractivity (Wildman–Crippen MR) is 101 cm³/mol. The molecule has 0 saturated carbocycles. The normalized spacial score (nSPS) is 13.4. The van der Waals surface area contributed by atoms with Crippen molar-refractivity contribution in [3.8, 4) is 0 Å². The number of carbonyl (C=O) groups excluding carboxylic acids is 2. The number of hydrogen-bond acceptors (Lipinski definition) is 7. The lowest BCUT2D eigenvalue weighted by atomic mass is 9.91. The molecule has 1 atom stereocenters. The van der Waals surface area contributed by atoms with E-state index >= 15 is 0 Å². The highest BCUT2D eigenvalue weighted by Crippen LogP contribution is 2.26. The molecule has 0 N–H and O–H groups in total. The average Bonchev–Trinajstić information content (AvgIpc) is 2.57. The topological polar surface area (TPSA) is 102 Å². The van der Waals surface area contributed by atoms with Crippen molar-refractivity contribution < 1.29 is 27.6 Å². The Morgan fingerprint density at radius 2 is 1.93 bits per heavy atom. The lowest BCUT2D eigenvalue weighted by Crippen LogP contribution is -2.32. The molecule has 0 spiro atoms. The first-order valence-electron chi connectivity index (χ1n) is 8.05. The van der Waals surface area contributed by atoms with Crippen LogP contribution in [0.4, 0.5) is 0 Å². The molecule has 1 unspecified atom stereocenters. The van der Waals surface area contributed by atoms with Crippen molar-refractivity contribution in [2.45, 2.75) is 25.2 Å². The van der Waals surface area contributed by atoms with Gasteiger partial charge in [-0.15, -0.1) is 0 Å². The highest BCUT2D eigenvalue weighted by molar-refractivity contribution is 7.89. The number of esters is 1. The summed E-state index contributed by atoms with van der Waals surface area (Å²) in [7, 11) is 0.362. The molecule has 0 amide bonds. The van der Waals surface area contributed by atoms with E-state index in [1.165, 1.54) is 46.3 Å². The summed E-state index contributed by atoms with van der Waals surface area (Å²) in [6.45, 7) is 3.07. The van der Waals surface area contributed by atoms with Gasteiger partial charge in [-0.25, -0.2) is 17.5 Å². The lowest BCUT2D eigenvalue weighted by Gasteiger charge is -2.17. The molecule has 0 saturated heterocycles. The van der Waals surface area contributed by atoms with Crippen LogP contribution in [0.25, 0.3) is 0 Å². The van der Waals surface area contributed by atoms with E-state index in [0.29, 0.717) is 5.56 Å². The van der Waals surface area contributed by atoms with Gasteiger partial charge in [-0.05, 0) is 38.0 Å². The molecule has 10 heteroatoms. The number of ether oxygens (including phenoxy) is 1. The van der Waals surface area contributed by atoms with Crippen LogP contribution in [0.3, 0.4) is 0 Å². The van der Waals surface area contributed by atoms with Crippen LogP contribution in [0.1, 0.15) is 19.4 Å². The number of halogens is 1. The maximum Gasteiger partial charge on any atom is 0.356 e. The second-order valence-corrected chi connectivity index (χ2v) is 8.33. The lowest BCUT2D eigenvalue weighted by molar-refractivity contribution is -0.136. The van der Waals surface area contributed by atoms with Crippen LogP contribution < -0.4 is 0 Å². The third-order valence-corrected chi connectivity index (χ3v) is 5.99. The Labute approximate surface area is 164 Å². The van der Waals surface area contributed by atoms with Gasteiger partial charge in [0.1, 0.15) is 17.8 Å². The van der Waals surface area contributed by atoms with Crippen LogP contribution in [-0.4, -0.2) is 58.0 Å². The molecule has 0 radical (unpaired) electrons. The van der Waals surface area contributed by atoms with Gasteiger partial charge >= 0.3 is 5.97 Å². The summed E-state index contributed by atoms with van der Waals surface area (Å²) < 4.78 is 30.5. The van der Waals surface area contributed by atoms with Crippen LogP contribution in [0.15, 0.2) is 28.3 Å². The summed E-state index contributed by atoms with van der Waals surface area (Å²) in [6.07, 6.45) is 0.0817. The molecule has 0 aliphatic rings. The minimum Gasteiger partial charge on any atom is -0.461 e. The zero-order valence-corrected chi connectivity index (χ0v) is 17.4. The molecule has 8 nitrogen and oxygen atoms in total. The van der Waals surface area contributed by atoms with E-state index in [-0.39, 0.29) is 34.4 Å². The number of Topliss-reactive ketones (excluding diaryl/α,β-unsaturated/α-hetero) is 1. The van der Waals surface area contributed by atoms with Crippen molar-refractivity contribution in [3.63, 3.8) is 0 Å². The first kappa shape index (κ1) is 23.1. The van der Waals surface area contributed by atoms with Crippen molar-refractivity contribution in [1.29, 1.82) is 0 Å². The summed E-state index contributed by atoms with van der Waals surface area (Å²) in [5.74, 6) is -1.99. The molecule has 1 aromatic carbocycles. The third kappa shape index (κ3) is 5.75. The van der Waals surface area contributed by atoms with E-state index in [1.54, 1.807) is 6.92 Å². The molecule has 0 aliphatic carbocycles. The number of benzene rings is 1. The van der Waals surface area contributed by atoms with Gasteiger partial charge in [0.2, 0.25) is 10.0 Å². The van der Waals surface area contributed by atoms with Crippen LogP contribution >= 0.6 is 11.6 Å². The molecule has 0 aromatic heterocycles. The summed E-state index contributed by atoms with van der Waals surface area (Å²) in [4.78, 5) is 28.8. The largest absolute Gasteiger partial charge is 0.461 e. The fourth-order valence-corrected chi connectivity index (χ4v) is 3.73. The summed E-state index contributed by atoms with van der Waals surface area (Å²) in [5.41, 5.74) is 0.402. The Morgan fingerprint density at radius 1 is 1.30 bits per heavy atom. The van der Waals surface area contributed by atoms with Crippen molar-refractivity contribution >= 4 is 39.1 Å². The molecule has 0 aliphatic heterocycles. The molecule has 0 bridgehead atoms. The standard InChI is InChI=1S/C17H23ClN2O6S/c1-6-26-17(22)16(19-25-5)13(11(2)21)9-12-7-8-15(14(18)10-12)27(23,24)20(3)4/h7-8,10,13H,6,9H2,1-5H3/b19-16-. The van der Waals surface area contributed by atoms with Crippen molar-refractivity contribution in [2.24, 2.45) is 11.1 Å². The highest BCUT2D eigenvalue weighted by Gasteiger charge is 2.30. The first-order chi connectivity index (χ1) is 12.6. The Kier molecular flexibility index (Phi) is 8.39. The summed E-state index contributed by atoms with van der Waals surface area (Å²) in [6, 6.07) is 4.35. The van der Waals surface area contributed by atoms with E-state index in [2.05, 4.69) is 9.99 Å². The van der Waals surface area contributed by atoms with Gasteiger partial charge in [-0.1, -0.05) is 22.8 Å². The molecular weight excluding hydrogens is 396 g/mol. The quantitative estimate of drug-likeness (QED) is 0.345. The average molecular weight is 419 g/mol. The van der Waals surface area contributed by atoms with Crippen LogP contribution in [-0.2, 0) is 35.6 Å². The van der Waals surface area contributed by atoms with Gasteiger partial charge in [-0.2, -0.15) is 0 Å².